The van der Waals surface area contributed by atoms with Crippen molar-refractivity contribution in [2.75, 3.05) is 6.61 Å². The molecule has 0 aliphatic rings. The Labute approximate surface area is 180 Å². The molecule has 2 aromatic heterocycles. The molecular weight excluding hydrogens is 392 g/mol. The summed E-state index contributed by atoms with van der Waals surface area (Å²) >= 11 is 0. The number of carbonyl (C=O) groups is 1. The highest BCUT2D eigenvalue weighted by molar-refractivity contribution is 5.72. The Hall–Kier alpha value is -3.80. The molecule has 0 bridgehead atoms. The van der Waals surface area contributed by atoms with E-state index in [9.17, 15) is 9.90 Å². The summed E-state index contributed by atoms with van der Waals surface area (Å²) in [5, 5.41) is 9.59. The van der Waals surface area contributed by atoms with Gasteiger partial charge in [-0.25, -0.2) is 9.78 Å². The van der Waals surface area contributed by atoms with Crippen molar-refractivity contribution >= 4 is 5.97 Å². The lowest BCUT2D eigenvalue weighted by Crippen LogP contribution is -2.20. The number of benzene rings is 2. The maximum atomic E-state index is 11.7. The Morgan fingerprint density at radius 1 is 1.10 bits per heavy atom. The van der Waals surface area contributed by atoms with Crippen molar-refractivity contribution in [1.82, 2.24) is 9.55 Å². The molecule has 6 heteroatoms. The minimum atomic E-state index is -0.863. The van der Waals surface area contributed by atoms with Crippen molar-refractivity contribution in [2.24, 2.45) is 0 Å². The lowest BCUT2D eigenvalue weighted by molar-refractivity contribution is -0.140. The molecule has 6 nitrogen and oxygen atoms in total. The molecule has 0 saturated carbocycles. The standard InChI is InChI=1S/C25H24N2O4/c1-18-22(26-24(31-18)20-9-3-2-4-10-20)12-15-30-21-11-7-8-19(16-21)17-23(25(28)29)27-13-5-6-14-27/h2-11,13-14,16,23H,12,15,17H2,1H3,(H,28,29)/t23-/m0/s1. The Balaban J connectivity index is 1.38. The molecule has 4 aromatic rings. The minimum absolute atomic E-state index is 0.379. The van der Waals surface area contributed by atoms with Gasteiger partial charge >= 0.3 is 5.97 Å². The molecule has 2 aromatic carbocycles. The van der Waals surface area contributed by atoms with Gasteiger partial charge in [-0.2, -0.15) is 0 Å². The van der Waals surface area contributed by atoms with Crippen LogP contribution < -0.4 is 4.74 Å². The summed E-state index contributed by atoms with van der Waals surface area (Å²) in [4.78, 5) is 16.3. The van der Waals surface area contributed by atoms with Crippen molar-refractivity contribution in [3.05, 3.63) is 96.1 Å². The number of hydrogen-bond acceptors (Lipinski definition) is 4. The second-order valence-electron chi connectivity index (χ2n) is 7.32. The van der Waals surface area contributed by atoms with E-state index in [4.69, 9.17) is 9.15 Å². The Morgan fingerprint density at radius 3 is 2.61 bits per heavy atom. The van der Waals surface area contributed by atoms with E-state index >= 15 is 0 Å². The molecule has 1 atom stereocenters. The first-order chi connectivity index (χ1) is 15.1. The zero-order valence-corrected chi connectivity index (χ0v) is 17.3. The van der Waals surface area contributed by atoms with Crippen LogP contribution in [0, 0.1) is 6.92 Å². The second kappa shape index (κ2) is 9.34. The molecule has 0 aliphatic carbocycles. The Kier molecular flexibility index (Phi) is 6.17. The first-order valence-corrected chi connectivity index (χ1v) is 10.2. The van der Waals surface area contributed by atoms with Gasteiger partial charge in [0.2, 0.25) is 5.89 Å². The van der Waals surface area contributed by atoms with E-state index in [1.807, 2.05) is 73.7 Å². The van der Waals surface area contributed by atoms with Gasteiger partial charge in [-0.1, -0.05) is 30.3 Å². The van der Waals surface area contributed by atoms with E-state index in [-0.39, 0.29) is 0 Å². The molecule has 0 amide bonds. The van der Waals surface area contributed by atoms with Gasteiger partial charge in [0.05, 0.1) is 12.3 Å². The van der Waals surface area contributed by atoms with Crippen LogP contribution in [0.1, 0.15) is 23.1 Å². The van der Waals surface area contributed by atoms with Crippen molar-refractivity contribution in [3.8, 4) is 17.2 Å². The van der Waals surface area contributed by atoms with E-state index in [0.717, 1.165) is 22.6 Å². The third-order valence-corrected chi connectivity index (χ3v) is 5.12. The van der Waals surface area contributed by atoms with Gasteiger partial charge < -0.3 is 18.8 Å². The SMILES string of the molecule is Cc1oc(-c2ccccc2)nc1CCOc1cccc(C[C@@H](C(=O)O)n2cccc2)c1. The number of aromatic nitrogens is 2. The van der Waals surface area contributed by atoms with Crippen LogP contribution in [-0.4, -0.2) is 27.2 Å². The predicted molar refractivity (Wildman–Crippen MR) is 117 cm³/mol. The number of carboxylic acid groups (broad SMARTS) is 1. The highest BCUT2D eigenvalue weighted by atomic mass is 16.5. The van der Waals surface area contributed by atoms with E-state index in [1.165, 1.54) is 0 Å². The highest BCUT2D eigenvalue weighted by Gasteiger charge is 2.19. The quantitative estimate of drug-likeness (QED) is 0.418. The third-order valence-electron chi connectivity index (χ3n) is 5.12. The smallest absolute Gasteiger partial charge is 0.327 e. The normalized spacial score (nSPS) is 11.9. The van der Waals surface area contributed by atoms with Gasteiger partial charge in [-0.05, 0) is 48.9 Å². The summed E-state index contributed by atoms with van der Waals surface area (Å²) in [7, 11) is 0. The maximum Gasteiger partial charge on any atom is 0.327 e. The van der Waals surface area contributed by atoms with E-state index < -0.39 is 12.0 Å². The van der Waals surface area contributed by atoms with Crippen LogP contribution in [0.5, 0.6) is 5.75 Å². The molecule has 0 unspecified atom stereocenters. The topological polar surface area (TPSA) is 77.5 Å². The monoisotopic (exact) mass is 416 g/mol. The fraction of sp³-hybridized carbons (Fsp3) is 0.200. The Morgan fingerprint density at radius 2 is 1.87 bits per heavy atom. The fourth-order valence-electron chi connectivity index (χ4n) is 3.49. The molecule has 1 N–H and O–H groups in total. The maximum absolute atomic E-state index is 11.7. The van der Waals surface area contributed by atoms with Gasteiger partial charge in [0, 0.05) is 30.8 Å². The third kappa shape index (κ3) is 5.04. The van der Waals surface area contributed by atoms with Gasteiger partial charge in [0.1, 0.15) is 17.6 Å². The van der Waals surface area contributed by atoms with E-state index in [0.29, 0.717) is 31.1 Å². The molecule has 31 heavy (non-hydrogen) atoms. The highest BCUT2D eigenvalue weighted by Crippen LogP contribution is 2.23. The van der Waals surface area contributed by atoms with Crippen molar-refractivity contribution in [1.29, 1.82) is 0 Å². The van der Waals surface area contributed by atoms with Crippen molar-refractivity contribution in [2.45, 2.75) is 25.8 Å². The molecule has 2 heterocycles. The van der Waals surface area contributed by atoms with E-state index in [2.05, 4.69) is 4.98 Å². The number of aliphatic carboxylic acids is 1. The largest absolute Gasteiger partial charge is 0.493 e. The number of rotatable bonds is 9. The Bertz CT molecular complexity index is 1130. The summed E-state index contributed by atoms with van der Waals surface area (Å²) < 4.78 is 13.4. The number of ether oxygens (including phenoxy) is 1. The van der Waals surface area contributed by atoms with Crippen molar-refractivity contribution in [3.63, 3.8) is 0 Å². The van der Waals surface area contributed by atoms with Crippen LogP contribution >= 0.6 is 0 Å². The van der Waals surface area contributed by atoms with Crippen LogP contribution in [0.4, 0.5) is 0 Å². The first kappa shape index (κ1) is 20.5. The number of aryl methyl sites for hydroxylation is 1. The number of hydrogen-bond donors (Lipinski definition) is 1. The van der Waals surface area contributed by atoms with Crippen molar-refractivity contribution < 1.29 is 19.1 Å². The lowest BCUT2D eigenvalue weighted by Gasteiger charge is -2.15. The van der Waals surface area contributed by atoms with Crippen LogP contribution in [0.25, 0.3) is 11.5 Å². The van der Waals surface area contributed by atoms with E-state index in [1.54, 1.807) is 17.0 Å². The molecule has 4 rings (SSSR count). The summed E-state index contributed by atoms with van der Waals surface area (Å²) in [6.07, 6.45) is 4.53. The van der Waals surface area contributed by atoms with Gasteiger partial charge in [-0.15, -0.1) is 0 Å². The summed E-state index contributed by atoms with van der Waals surface area (Å²) in [5.74, 6) is 1.24. The molecule has 0 fully saturated rings. The van der Waals surface area contributed by atoms with Crippen LogP contribution in [0.2, 0.25) is 0 Å². The van der Waals surface area contributed by atoms with Crippen LogP contribution in [0.3, 0.4) is 0 Å². The number of nitrogens with zero attached hydrogens (tertiary/aromatic N) is 2. The summed E-state index contributed by atoms with van der Waals surface area (Å²) in [6.45, 7) is 2.35. The average Bonchev–Trinajstić information content (AvgIpc) is 3.43. The molecule has 158 valence electrons. The molecule has 0 spiro atoms. The fourth-order valence-corrected chi connectivity index (χ4v) is 3.49. The summed E-state index contributed by atoms with van der Waals surface area (Å²) in [5.41, 5.74) is 2.72. The lowest BCUT2D eigenvalue weighted by atomic mass is 10.1. The zero-order valence-electron chi connectivity index (χ0n) is 17.3. The van der Waals surface area contributed by atoms with Gasteiger partial charge in [0.15, 0.2) is 0 Å². The minimum Gasteiger partial charge on any atom is -0.493 e. The van der Waals surface area contributed by atoms with Crippen LogP contribution in [-0.2, 0) is 17.6 Å². The first-order valence-electron chi connectivity index (χ1n) is 10.2. The predicted octanol–water partition coefficient (Wildman–Crippen LogP) is 4.94. The molecule has 0 aliphatic heterocycles. The van der Waals surface area contributed by atoms with Gasteiger partial charge in [-0.3, -0.25) is 0 Å². The van der Waals surface area contributed by atoms with Gasteiger partial charge in [0.25, 0.3) is 0 Å². The zero-order chi connectivity index (χ0) is 21.6. The second-order valence-corrected chi connectivity index (χ2v) is 7.32. The summed E-state index contributed by atoms with van der Waals surface area (Å²) in [6, 6.07) is 20.4. The molecular formula is C25H24N2O4. The van der Waals surface area contributed by atoms with Crippen LogP contribution in [0.15, 0.2) is 83.5 Å². The molecule has 0 saturated heterocycles. The molecule has 0 radical (unpaired) electrons. The number of carboxylic acids is 1. The number of oxazole rings is 1. The average molecular weight is 416 g/mol.